The second-order valence-corrected chi connectivity index (χ2v) is 7.91. The van der Waals surface area contributed by atoms with E-state index in [0.29, 0.717) is 29.8 Å². The van der Waals surface area contributed by atoms with Gasteiger partial charge in [-0.2, -0.15) is 0 Å². The summed E-state index contributed by atoms with van der Waals surface area (Å²) in [5.74, 6) is -0.187. The summed E-state index contributed by atoms with van der Waals surface area (Å²) in [6.07, 6.45) is -0.0164. The minimum atomic E-state index is -0.823. The van der Waals surface area contributed by atoms with Crippen molar-refractivity contribution >= 4 is 52.4 Å². The van der Waals surface area contributed by atoms with Gasteiger partial charge >= 0.3 is 0 Å². The Morgan fingerprint density at radius 3 is 2.43 bits per heavy atom. The summed E-state index contributed by atoms with van der Waals surface area (Å²) in [5, 5.41) is 6.13. The average molecular weight is 446 g/mol. The second kappa shape index (κ2) is 8.93. The summed E-state index contributed by atoms with van der Waals surface area (Å²) in [5.41, 5.74) is 1.57. The highest BCUT2D eigenvalue weighted by Crippen LogP contribution is 2.30. The van der Waals surface area contributed by atoms with Gasteiger partial charge in [-0.15, -0.1) is 0 Å². The van der Waals surface area contributed by atoms with E-state index in [9.17, 15) is 9.59 Å². The summed E-state index contributed by atoms with van der Waals surface area (Å²) < 4.78 is 0. The zero-order chi connectivity index (χ0) is 21.1. The quantitative estimate of drug-likeness (QED) is 0.760. The number of para-hydroxylation sites is 1. The van der Waals surface area contributed by atoms with E-state index in [1.54, 1.807) is 18.2 Å². The number of piperazine rings is 1. The molecule has 0 saturated carbocycles. The summed E-state index contributed by atoms with van der Waals surface area (Å²) in [4.78, 5) is 33.7. The molecule has 0 unspecified atom stereocenters. The number of hydrogen-bond donors (Lipinski definition) is 2. The van der Waals surface area contributed by atoms with Crippen LogP contribution in [0.3, 0.4) is 0 Å². The molecule has 2 amide bonds. The molecule has 2 aliphatic rings. The van der Waals surface area contributed by atoms with Crippen molar-refractivity contribution in [1.29, 1.82) is 0 Å². The number of hydrogen-bond acceptors (Lipinski definition) is 5. The first-order chi connectivity index (χ1) is 14.5. The lowest BCUT2D eigenvalue weighted by Crippen LogP contribution is -2.56. The highest BCUT2D eigenvalue weighted by atomic mass is 35.5. The van der Waals surface area contributed by atoms with Crippen LogP contribution in [0, 0.1) is 0 Å². The van der Waals surface area contributed by atoms with Crippen molar-refractivity contribution in [3.63, 3.8) is 0 Å². The summed E-state index contributed by atoms with van der Waals surface area (Å²) in [6, 6.07) is 14.3. The molecule has 9 heteroatoms. The Bertz CT molecular complexity index is 975. The van der Waals surface area contributed by atoms with Gasteiger partial charge in [0.1, 0.15) is 6.04 Å². The average Bonchev–Trinajstić information content (AvgIpc) is 2.77. The number of amides is 2. The van der Waals surface area contributed by atoms with Crippen LogP contribution in [-0.4, -0.2) is 54.9 Å². The van der Waals surface area contributed by atoms with Gasteiger partial charge in [-0.1, -0.05) is 47.5 Å². The van der Waals surface area contributed by atoms with Crippen LogP contribution in [0.1, 0.15) is 6.42 Å². The van der Waals surface area contributed by atoms with E-state index in [1.165, 1.54) is 5.69 Å². The van der Waals surface area contributed by atoms with Crippen LogP contribution in [0.25, 0.3) is 0 Å². The molecule has 2 aromatic rings. The van der Waals surface area contributed by atoms with Gasteiger partial charge in [0.25, 0.3) is 0 Å². The Labute approximate surface area is 184 Å². The van der Waals surface area contributed by atoms with Crippen molar-refractivity contribution in [2.75, 3.05) is 36.4 Å². The monoisotopic (exact) mass is 445 g/mol. The van der Waals surface area contributed by atoms with E-state index >= 15 is 0 Å². The molecule has 2 aliphatic heterocycles. The molecule has 2 N–H and O–H groups in total. The van der Waals surface area contributed by atoms with Gasteiger partial charge < -0.3 is 15.1 Å². The van der Waals surface area contributed by atoms with E-state index in [-0.39, 0.29) is 17.4 Å². The van der Waals surface area contributed by atoms with Gasteiger partial charge in [0.15, 0.2) is 0 Å². The standard InChI is InChI=1S/C21H21Cl2N5O2/c22-15-7-4-8-16(19(15)23)24-20(30)17-13-18(29)26-21(25-17)28-11-9-27(10-12-28)14-5-2-1-3-6-14/h1-8,17H,9-13H2,(H,24,30)(H,25,26,29)/t17-/m0/s1. The van der Waals surface area contributed by atoms with Crippen molar-refractivity contribution in [2.45, 2.75) is 12.5 Å². The van der Waals surface area contributed by atoms with E-state index < -0.39 is 11.9 Å². The maximum Gasteiger partial charge on any atom is 0.249 e. The molecular weight excluding hydrogens is 425 g/mol. The Morgan fingerprint density at radius 2 is 1.70 bits per heavy atom. The number of rotatable bonds is 3. The van der Waals surface area contributed by atoms with Gasteiger partial charge in [-0.05, 0) is 24.3 Å². The van der Waals surface area contributed by atoms with Crippen LogP contribution in [-0.2, 0) is 9.59 Å². The van der Waals surface area contributed by atoms with Crippen molar-refractivity contribution in [3.05, 3.63) is 58.6 Å². The van der Waals surface area contributed by atoms with Crippen molar-refractivity contribution in [3.8, 4) is 0 Å². The summed E-state index contributed by atoms with van der Waals surface area (Å²) in [7, 11) is 0. The van der Waals surface area contributed by atoms with Crippen LogP contribution in [0.4, 0.5) is 11.4 Å². The largest absolute Gasteiger partial charge is 0.368 e. The Hall–Kier alpha value is -2.77. The molecule has 0 radical (unpaired) electrons. The van der Waals surface area contributed by atoms with Gasteiger partial charge in [0.05, 0.1) is 22.2 Å². The van der Waals surface area contributed by atoms with E-state index in [1.807, 2.05) is 23.1 Å². The lowest BCUT2D eigenvalue weighted by molar-refractivity contribution is -0.125. The first-order valence-electron chi connectivity index (χ1n) is 9.69. The third-order valence-corrected chi connectivity index (χ3v) is 5.94. The van der Waals surface area contributed by atoms with Crippen molar-refractivity contribution in [2.24, 2.45) is 4.99 Å². The van der Waals surface area contributed by atoms with Crippen LogP contribution < -0.4 is 15.5 Å². The number of carbonyl (C=O) groups is 2. The van der Waals surface area contributed by atoms with Crippen LogP contribution in [0.2, 0.25) is 10.0 Å². The lowest BCUT2D eigenvalue weighted by atomic mass is 10.1. The van der Waals surface area contributed by atoms with E-state index in [2.05, 4.69) is 32.7 Å². The molecule has 1 saturated heterocycles. The molecule has 0 aromatic heterocycles. The van der Waals surface area contributed by atoms with Gasteiger partial charge in [0.2, 0.25) is 17.8 Å². The maximum atomic E-state index is 12.7. The molecule has 7 nitrogen and oxygen atoms in total. The fourth-order valence-electron chi connectivity index (χ4n) is 3.52. The van der Waals surface area contributed by atoms with Gasteiger partial charge in [-0.3, -0.25) is 14.9 Å². The third kappa shape index (κ3) is 4.52. The number of guanidine groups is 1. The highest BCUT2D eigenvalue weighted by Gasteiger charge is 2.31. The third-order valence-electron chi connectivity index (χ3n) is 5.12. The zero-order valence-electron chi connectivity index (χ0n) is 16.1. The molecule has 1 fully saturated rings. The number of nitrogens with one attached hydrogen (secondary N) is 2. The van der Waals surface area contributed by atoms with E-state index in [0.717, 1.165) is 13.1 Å². The number of carbonyl (C=O) groups excluding carboxylic acids is 2. The SMILES string of the molecule is O=C1C[C@@H](C(=O)Nc2cccc(Cl)c2Cl)N=C(N2CCN(c3ccccc3)CC2)N1. The summed E-state index contributed by atoms with van der Waals surface area (Å²) in [6.45, 7) is 2.99. The lowest BCUT2D eigenvalue weighted by Gasteiger charge is -2.38. The Morgan fingerprint density at radius 1 is 1.00 bits per heavy atom. The molecule has 1 atom stereocenters. The van der Waals surface area contributed by atoms with Crippen molar-refractivity contribution in [1.82, 2.24) is 10.2 Å². The molecule has 4 rings (SSSR count). The Kier molecular flexibility index (Phi) is 6.11. The van der Waals surface area contributed by atoms with Gasteiger partial charge in [0, 0.05) is 31.9 Å². The molecule has 0 bridgehead atoms. The fraction of sp³-hybridized carbons (Fsp3) is 0.286. The minimum absolute atomic E-state index is 0.0164. The number of benzene rings is 2. The molecular formula is C21H21Cl2N5O2. The number of aliphatic imine (C=N–C) groups is 1. The van der Waals surface area contributed by atoms with Crippen LogP contribution in [0.15, 0.2) is 53.5 Å². The Balaban J connectivity index is 1.43. The predicted molar refractivity (Wildman–Crippen MR) is 119 cm³/mol. The smallest absolute Gasteiger partial charge is 0.249 e. The number of nitrogens with zero attached hydrogens (tertiary/aromatic N) is 3. The topological polar surface area (TPSA) is 77.0 Å². The van der Waals surface area contributed by atoms with Crippen LogP contribution >= 0.6 is 23.2 Å². The van der Waals surface area contributed by atoms with Crippen LogP contribution in [0.5, 0.6) is 0 Å². The molecule has 0 spiro atoms. The van der Waals surface area contributed by atoms with Gasteiger partial charge in [-0.25, -0.2) is 4.99 Å². The highest BCUT2D eigenvalue weighted by molar-refractivity contribution is 6.44. The van der Waals surface area contributed by atoms with E-state index in [4.69, 9.17) is 23.2 Å². The first-order valence-corrected chi connectivity index (χ1v) is 10.4. The zero-order valence-corrected chi connectivity index (χ0v) is 17.7. The minimum Gasteiger partial charge on any atom is -0.368 e. The first kappa shape index (κ1) is 20.5. The predicted octanol–water partition coefficient (Wildman–Crippen LogP) is 3.00. The fourth-order valence-corrected chi connectivity index (χ4v) is 3.87. The molecule has 2 heterocycles. The molecule has 156 valence electrons. The maximum absolute atomic E-state index is 12.7. The normalized spacial score (nSPS) is 19.2. The molecule has 30 heavy (non-hydrogen) atoms. The summed E-state index contributed by atoms with van der Waals surface area (Å²) >= 11 is 12.1. The molecule has 2 aromatic carbocycles. The number of anilines is 2. The number of halogens is 2. The molecule has 0 aliphatic carbocycles. The van der Waals surface area contributed by atoms with Crippen molar-refractivity contribution < 1.29 is 9.59 Å². The second-order valence-electron chi connectivity index (χ2n) is 7.12.